The van der Waals surface area contributed by atoms with E-state index in [0.717, 1.165) is 32.5 Å². The summed E-state index contributed by atoms with van der Waals surface area (Å²) in [7, 11) is 1.74. The Hall–Kier alpha value is -2.60. The highest BCUT2D eigenvalue weighted by atomic mass is 19.1. The highest BCUT2D eigenvalue weighted by Gasteiger charge is 2.20. The fourth-order valence-corrected chi connectivity index (χ4v) is 4.13. The van der Waals surface area contributed by atoms with Crippen LogP contribution in [-0.2, 0) is 28.9 Å². The number of anilines is 2. The lowest BCUT2D eigenvalue weighted by Crippen LogP contribution is -2.32. The minimum atomic E-state index is -0.921. The van der Waals surface area contributed by atoms with E-state index in [9.17, 15) is 9.18 Å². The molecule has 2 aromatic carbocycles. The van der Waals surface area contributed by atoms with Gasteiger partial charge in [-0.15, -0.1) is 0 Å². The van der Waals surface area contributed by atoms with Gasteiger partial charge in [-0.05, 0) is 67.0 Å². The van der Waals surface area contributed by atoms with E-state index in [4.69, 9.17) is 9.84 Å². The summed E-state index contributed by atoms with van der Waals surface area (Å²) in [6.45, 7) is 5.60. The second kappa shape index (κ2) is 10.4. The summed E-state index contributed by atoms with van der Waals surface area (Å²) in [6, 6.07) is 9.31. The summed E-state index contributed by atoms with van der Waals surface area (Å²) in [5.41, 5.74) is 6.33. The van der Waals surface area contributed by atoms with Crippen LogP contribution in [-0.4, -0.2) is 37.9 Å². The van der Waals surface area contributed by atoms with Gasteiger partial charge >= 0.3 is 5.97 Å². The van der Waals surface area contributed by atoms with Gasteiger partial charge < -0.3 is 20.1 Å². The molecule has 1 aliphatic rings. The van der Waals surface area contributed by atoms with Crippen LogP contribution in [0, 0.1) is 12.7 Å². The average molecular weight is 415 g/mol. The van der Waals surface area contributed by atoms with E-state index in [1.165, 1.54) is 34.9 Å². The number of nitrogens with one attached hydrogen (secondary N) is 1. The van der Waals surface area contributed by atoms with Gasteiger partial charge in [0.15, 0.2) is 0 Å². The molecule has 0 atom stereocenters. The van der Waals surface area contributed by atoms with Crippen molar-refractivity contribution in [2.45, 2.75) is 45.6 Å². The maximum atomic E-state index is 14.3. The van der Waals surface area contributed by atoms with Crippen molar-refractivity contribution in [3.05, 3.63) is 58.4 Å². The first kappa shape index (κ1) is 22.1. The predicted octanol–water partition coefficient (Wildman–Crippen LogP) is 4.55. The topological polar surface area (TPSA) is 61.8 Å². The van der Waals surface area contributed by atoms with Gasteiger partial charge in [-0.25, -0.2) is 4.39 Å². The van der Waals surface area contributed by atoms with E-state index in [2.05, 4.69) is 29.3 Å². The van der Waals surface area contributed by atoms with Crippen molar-refractivity contribution in [3.63, 3.8) is 0 Å². The lowest BCUT2D eigenvalue weighted by Gasteiger charge is -2.34. The molecule has 1 aliphatic heterocycles. The van der Waals surface area contributed by atoms with Crippen LogP contribution in [0.5, 0.6) is 0 Å². The molecule has 1 heterocycles. The molecule has 0 saturated carbocycles. The van der Waals surface area contributed by atoms with Crippen LogP contribution in [0.3, 0.4) is 0 Å². The Morgan fingerprint density at radius 2 is 2.07 bits per heavy atom. The minimum absolute atomic E-state index is 0.0705. The van der Waals surface area contributed by atoms with Crippen LogP contribution in [0.25, 0.3) is 0 Å². The third-order valence-corrected chi connectivity index (χ3v) is 5.74. The Labute approximate surface area is 177 Å². The molecule has 2 aromatic rings. The number of benzene rings is 2. The summed E-state index contributed by atoms with van der Waals surface area (Å²) in [5.74, 6) is -1.29. The van der Waals surface area contributed by atoms with Crippen molar-refractivity contribution in [3.8, 4) is 0 Å². The number of aryl methyl sites for hydroxylation is 2. The summed E-state index contributed by atoms with van der Waals surface area (Å²) in [6.07, 6.45) is 3.41. The molecule has 0 aromatic heterocycles. The molecule has 0 fully saturated rings. The number of carboxylic acid groups (broad SMARTS) is 1. The van der Waals surface area contributed by atoms with Crippen molar-refractivity contribution in [2.24, 2.45) is 0 Å². The number of ether oxygens (including phenoxy) is 1. The summed E-state index contributed by atoms with van der Waals surface area (Å²) in [5, 5.41) is 12.1. The Morgan fingerprint density at radius 1 is 1.27 bits per heavy atom. The first-order valence-corrected chi connectivity index (χ1v) is 10.6. The Balaban J connectivity index is 1.69. The molecular weight excluding hydrogens is 383 g/mol. The van der Waals surface area contributed by atoms with Gasteiger partial charge in [0.25, 0.3) is 0 Å². The summed E-state index contributed by atoms with van der Waals surface area (Å²) >= 11 is 0. The fourth-order valence-electron chi connectivity index (χ4n) is 4.13. The number of rotatable bonds is 10. The molecule has 5 nitrogen and oxygen atoms in total. The van der Waals surface area contributed by atoms with Crippen LogP contribution in [0.1, 0.15) is 41.5 Å². The number of carbonyl (C=O) groups is 1. The molecule has 0 spiro atoms. The molecule has 162 valence electrons. The van der Waals surface area contributed by atoms with Crippen LogP contribution < -0.4 is 10.2 Å². The van der Waals surface area contributed by atoms with E-state index in [-0.39, 0.29) is 18.7 Å². The van der Waals surface area contributed by atoms with Crippen LogP contribution in [0.2, 0.25) is 0 Å². The van der Waals surface area contributed by atoms with Gasteiger partial charge in [0.05, 0.1) is 0 Å². The largest absolute Gasteiger partial charge is 0.481 e. The van der Waals surface area contributed by atoms with Crippen molar-refractivity contribution in [1.82, 2.24) is 0 Å². The standard InChI is InChI=1S/C24H31FN2O3/c1-17-20(7-6-19-5-3-12-27(24(17)19)13-4-14-30-2)16-26-21-10-8-18(22(25)15-21)9-11-23(28)29/h6-8,10,15,26H,3-5,9,11-14,16H2,1-2H3,(H,28,29). The number of carboxylic acids is 1. The molecule has 2 N–H and O–H groups in total. The average Bonchev–Trinajstić information content (AvgIpc) is 2.72. The lowest BCUT2D eigenvalue weighted by atomic mass is 9.94. The number of nitrogens with zero attached hydrogens (tertiary/aromatic N) is 1. The van der Waals surface area contributed by atoms with E-state index in [1.807, 2.05) is 6.07 Å². The van der Waals surface area contributed by atoms with E-state index < -0.39 is 5.97 Å². The van der Waals surface area contributed by atoms with Gasteiger partial charge in [-0.3, -0.25) is 4.79 Å². The number of halogens is 1. The number of fused-ring (bicyclic) bond motifs is 1. The van der Waals surface area contributed by atoms with Gasteiger partial charge in [-0.1, -0.05) is 18.2 Å². The third kappa shape index (κ3) is 5.51. The Kier molecular flexibility index (Phi) is 7.69. The molecule has 3 rings (SSSR count). The van der Waals surface area contributed by atoms with Gasteiger partial charge in [0.2, 0.25) is 0 Å². The normalized spacial score (nSPS) is 13.2. The Bertz CT molecular complexity index is 885. The number of hydrogen-bond acceptors (Lipinski definition) is 4. The first-order valence-electron chi connectivity index (χ1n) is 10.6. The molecule has 6 heteroatoms. The van der Waals surface area contributed by atoms with Gasteiger partial charge in [-0.2, -0.15) is 0 Å². The second-order valence-electron chi connectivity index (χ2n) is 7.85. The smallest absolute Gasteiger partial charge is 0.303 e. The highest BCUT2D eigenvalue weighted by molar-refractivity contribution is 5.67. The van der Waals surface area contributed by atoms with E-state index >= 15 is 0 Å². The van der Waals surface area contributed by atoms with Crippen molar-refractivity contribution in [1.29, 1.82) is 0 Å². The molecule has 0 radical (unpaired) electrons. The minimum Gasteiger partial charge on any atom is -0.481 e. The van der Waals surface area contributed by atoms with Crippen molar-refractivity contribution >= 4 is 17.3 Å². The quantitative estimate of drug-likeness (QED) is 0.559. The predicted molar refractivity (Wildman–Crippen MR) is 118 cm³/mol. The zero-order chi connectivity index (χ0) is 21.5. The SMILES string of the molecule is COCCCN1CCCc2ccc(CNc3ccc(CCC(=O)O)c(F)c3)c(C)c21. The summed E-state index contributed by atoms with van der Waals surface area (Å²) in [4.78, 5) is 13.2. The molecule has 0 bridgehead atoms. The third-order valence-electron chi connectivity index (χ3n) is 5.74. The molecule has 30 heavy (non-hydrogen) atoms. The summed E-state index contributed by atoms with van der Waals surface area (Å²) < 4.78 is 19.5. The highest BCUT2D eigenvalue weighted by Crippen LogP contribution is 2.33. The van der Waals surface area contributed by atoms with Crippen LogP contribution in [0.15, 0.2) is 30.3 Å². The van der Waals surface area contributed by atoms with E-state index in [0.29, 0.717) is 17.8 Å². The molecule has 0 aliphatic carbocycles. The molecule has 0 saturated heterocycles. The zero-order valence-corrected chi connectivity index (χ0v) is 17.8. The second-order valence-corrected chi connectivity index (χ2v) is 7.85. The van der Waals surface area contributed by atoms with Crippen molar-refractivity contribution < 1.29 is 19.0 Å². The maximum absolute atomic E-state index is 14.3. The number of methoxy groups -OCH3 is 1. The maximum Gasteiger partial charge on any atom is 0.303 e. The van der Waals surface area contributed by atoms with Crippen LogP contribution in [0.4, 0.5) is 15.8 Å². The first-order chi connectivity index (χ1) is 14.5. The number of hydrogen-bond donors (Lipinski definition) is 2. The lowest BCUT2D eigenvalue weighted by molar-refractivity contribution is -0.136. The monoisotopic (exact) mass is 414 g/mol. The molecular formula is C24H31FN2O3. The van der Waals surface area contributed by atoms with Crippen molar-refractivity contribution in [2.75, 3.05) is 37.0 Å². The van der Waals surface area contributed by atoms with E-state index in [1.54, 1.807) is 13.2 Å². The van der Waals surface area contributed by atoms with Gasteiger partial charge in [0, 0.05) is 51.1 Å². The zero-order valence-electron chi connectivity index (χ0n) is 17.8. The Morgan fingerprint density at radius 3 is 2.80 bits per heavy atom. The fraction of sp³-hybridized carbons (Fsp3) is 0.458. The number of aliphatic carboxylic acids is 1. The molecule has 0 unspecified atom stereocenters. The molecule has 0 amide bonds. The van der Waals surface area contributed by atoms with Crippen LogP contribution >= 0.6 is 0 Å². The van der Waals surface area contributed by atoms with Gasteiger partial charge in [0.1, 0.15) is 5.82 Å².